The number of nitrogens with two attached hydrogens (primary N) is 2. The highest BCUT2D eigenvalue weighted by atomic mass is 16.5. The van der Waals surface area contributed by atoms with E-state index in [4.69, 9.17) is 29.8 Å². The van der Waals surface area contributed by atoms with E-state index in [2.05, 4.69) is 68.3 Å². The number of guanidine groups is 2. The molecule has 0 atom stereocenters. The number of anilines is 6. The Morgan fingerprint density at radius 2 is 0.841 bits per heavy atom. The van der Waals surface area contributed by atoms with Gasteiger partial charge in [0.2, 0.25) is 23.7 Å². The van der Waals surface area contributed by atoms with Crippen molar-refractivity contribution in [2.24, 2.45) is 21.5 Å². The van der Waals surface area contributed by atoms with E-state index in [1.165, 1.54) is 0 Å². The molecule has 0 fully saturated rings. The van der Waals surface area contributed by atoms with Crippen LogP contribution in [-0.4, -0.2) is 73.9 Å². The third-order valence-corrected chi connectivity index (χ3v) is 10.6. The lowest BCUT2D eigenvalue weighted by atomic mass is 10.0. The molecule has 63 heavy (non-hydrogen) atoms. The Hall–Kier alpha value is -7.90. The fourth-order valence-corrected chi connectivity index (χ4v) is 7.17. The molecule has 6 aromatic carbocycles. The maximum atomic E-state index is 6.35. The number of rotatable bonds is 10. The number of ether oxygens (including phenoxy) is 2. The average molecular weight is 847 g/mol. The van der Waals surface area contributed by atoms with Crippen molar-refractivity contribution in [1.29, 1.82) is 0 Å². The molecule has 0 saturated heterocycles. The van der Waals surface area contributed by atoms with Crippen LogP contribution in [0.3, 0.4) is 0 Å². The Balaban J connectivity index is 0.000000206. The summed E-state index contributed by atoms with van der Waals surface area (Å²) in [4.78, 5) is 16.2. The fraction of sp³-hybridized carbons (Fsp3) is 0.160. The number of benzene rings is 6. The Bertz CT molecular complexity index is 2650. The van der Waals surface area contributed by atoms with Crippen molar-refractivity contribution >= 4 is 68.0 Å². The van der Waals surface area contributed by atoms with Gasteiger partial charge < -0.3 is 45.1 Å². The first-order chi connectivity index (χ1) is 30.1. The van der Waals surface area contributed by atoms with Crippen molar-refractivity contribution in [3.8, 4) is 33.8 Å². The summed E-state index contributed by atoms with van der Waals surface area (Å²) in [6.45, 7) is 0. The number of furan rings is 2. The van der Waals surface area contributed by atoms with Crippen molar-refractivity contribution < 1.29 is 23.8 Å². The van der Waals surface area contributed by atoms with Gasteiger partial charge in [0.05, 0.1) is 25.6 Å². The van der Waals surface area contributed by atoms with Crippen LogP contribution in [0.25, 0.3) is 43.8 Å². The lowest BCUT2D eigenvalue weighted by Crippen LogP contribution is -2.33. The largest absolute Gasteiger partial charge is 0.495 e. The molecule has 0 aliphatic heterocycles. The number of nitrogens with zero attached hydrogens (tertiary/aromatic N) is 6. The predicted octanol–water partition coefficient (Wildman–Crippen LogP) is 9.69. The lowest BCUT2D eigenvalue weighted by molar-refractivity contribution is 0.415. The summed E-state index contributed by atoms with van der Waals surface area (Å²) in [5.41, 5.74) is 20.7. The number of aliphatic imine (C=N–C) groups is 2. The van der Waals surface area contributed by atoms with Crippen molar-refractivity contribution in [3.05, 3.63) is 146 Å². The van der Waals surface area contributed by atoms with E-state index in [0.29, 0.717) is 35.2 Å². The number of fused-ring (bicyclic) bond motifs is 2. The quantitative estimate of drug-likeness (QED) is 0.1000. The van der Waals surface area contributed by atoms with E-state index in [0.717, 1.165) is 66.5 Å². The smallest absolute Gasteiger partial charge is 0.214 e. The third kappa shape index (κ3) is 9.24. The van der Waals surface area contributed by atoms with Gasteiger partial charge in [-0.25, -0.2) is 9.80 Å². The van der Waals surface area contributed by atoms with E-state index in [1.54, 1.807) is 50.6 Å². The first-order valence-electron chi connectivity index (χ1n) is 20.0. The molecule has 0 spiro atoms. The number of hydrogen-bond donors (Lipinski definition) is 2. The lowest BCUT2D eigenvalue weighted by Gasteiger charge is -2.24. The third-order valence-electron chi connectivity index (χ3n) is 10.6. The predicted molar refractivity (Wildman–Crippen MR) is 261 cm³/mol. The number of hydrogen-bond acceptors (Lipinski definition) is 8. The van der Waals surface area contributed by atoms with Gasteiger partial charge in [-0.3, -0.25) is 9.98 Å². The summed E-state index contributed by atoms with van der Waals surface area (Å²) in [7, 11) is 14.7. The Labute approximate surface area is 368 Å². The molecule has 13 nitrogen and oxygen atoms in total. The van der Waals surface area contributed by atoms with Crippen LogP contribution in [-0.2, 0) is 0 Å². The molecule has 8 rings (SSSR count). The summed E-state index contributed by atoms with van der Waals surface area (Å²) >= 11 is 0. The SMILES string of the molecule is CN=C(N)N(c1cc(-c2ccc(N(C)C)cc2)ccc1OC)c1occ2ccccc12.CN=C(N)N(c1cc(-c2ccc(N(C)C)cc2)ccc1OC)c1occ2ccccc12.O. The standard InChI is InChI=1S/2C25H26N4O2.H2O/c2*1-27-25(26)29(24-21-8-6-5-7-19(21)16-31-24)22-15-18(11-14-23(22)30-4)17-9-12-20(13-10-17)28(2)3;/h2*5-16H,1-4H3,(H2,26,27);1H2. The maximum Gasteiger partial charge on any atom is 0.214 e. The molecule has 324 valence electrons. The molecular formula is C50H54N8O5. The summed E-state index contributed by atoms with van der Waals surface area (Å²) in [5.74, 6) is 3.13. The minimum Gasteiger partial charge on any atom is -0.495 e. The van der Waals surface area contributed by atoms with Gasteiger partial charge in [-0.15, -0.1) is 0 Å². The molecule has 0 radical (unpaired) electrons. The molecule has 0 aliphatic rings. The van der Waals surface area contributed by atoms with Gasteiger partial charge >= 0.3 is 0 Å². The van der Waals surface area contributed by atoms with E-state index < -0.39 is 0 Å². The van der Waals surface area contributed by atoms with Gasteiger partial charge in [0.25, 0.3) is 0 Å². The van der Waals surface area contributed by atoms with Gasteiger partial charge in [-0.05, 0) is 82.9 Å². The summed E-state index contributed by atoms with van der Waals surface area (Å²) in [5, 5.41) is 3.86. The van der Waals surface area contributed by atoms with Crippen LogP contribution >= 0.6 is 0 Å². The Kier molecular flexibility index (Phi) is 13.9. The molecule has 8 aromatic rings. The van der Waals surface area contributed by atoms with Crippen LogP contribution in [0.1, 0.15) is 0 Å². The molecule has 0 aliphatic carbocycles. The maximum absolute atomic E-state index is 6.35. The fourth-order valence-electron chi connectivity index (χ4n) is 7.17. The topological polar surface area (TPSA) is 166 Å². The summed E-state index contributed by atoms with van der Waals surface area (Å²) < 4.78 is 23.2. The molecule has 0 amide bonds. The van der Waals surface area contributed by atoms with Gasteiger partial charge in [0.15, 0.2) is 0 Å². The first-order valence-corrected chi connectivity index (χ1v) is 20.0. The zero-order valence-corrected chi connectivity index (χ0v) is 36.8. The molecule has 2 heterocycles. The highest BCUT2D eigenvalue weighted by Gasteiger charge is 2.25. The van der Waals surface area contributed by atoms with Crippen molar-refractivity contribution in [3.63, 3.8) is 0 Å². The van der Waals surface area contributed by atoms with Crippen molar-refractivity contribution in [2.45, 2.75) is 0 Å². The molecular weight excluding hydrogens is 793 g/mol. The second-order valence-corrected chi connectivity index (χ2v) is 14.7. The molecule has 13 heteroatoms. The van der Waals surface area contributed by atoms with Crippen LogP contribution in [0.15, 0.2) is 165 Å². The summed E-state index contributed by atoms with van der Waals surface area (Å²) in [6.07, 6.45) is 3.44. The highest BCUT2D eigenvalue weighted by molar-refractivity contribution is 6.10. The first kappa shape index (κ1) is 44.6. The van der Waals surface area contributed by atoms with E-state index in [9.17, 15) is 0 Å². The van der Waals surface area contributed by atoms with Crippen LogP contribution < -0.4 is 40.5 Å². The zero-order chi connectivity index (χ0) is 43.9. The van der Waals surface area contributed by atoms with Gasteiger partial charge in [-0.1, -0.05) is 72.8 Å². The zero-order valence-electron chi connectivity index (χ0n) is 36.8. The van der Waals surface area contributed by atoms with Gasteiger partial charge in [0.1, 0.15) is 24.0 Å². The van der Waals surface area contributed by atoms with Crippen LogP contribution in [0.2, 0.25) is 0 Å². The molecule has 0 bridgehead atoms. The van der Waals surface area contributed by atoms with Gasteiger partial charge in [0, 0.05) is 75.2 Å². The second-order valence-electron chi connectivity index (χ2n) is 14.7. The van der Waals surface area contributed by atoms with E-state index in [-0.39, 0.29) is 5.48 Å². The summed E-state index contributed by atoms with van der Waals surface area (Å²) in [6, 6.07) is 44.7. The number of methoxy groups -OCH3 is 2. The average Bonchev–Trinajstić information content (AvgIpc) is 3.94. The molecule has 6 N–H and O–H groups in total. The molecule has 0 unspecified atom stereocenters. The van der Waals surface area contributed by atoms with E-state index in [1.807, 2.05) is 113 Å². The Morgan fingerprint density at radius 3 is 1.17 bits per heavy atom. The van der Waals surface area contributed by atoms with Crippen LogP contribution in [0.4, 0.5) is 34.5 Å². The minimum atomic E-state index is 0. The second kappa shape index (κ2) is 19.7. The van der Waals surface area contributed by atoms with Crippen LogP contribution in [0.5, 0.6) is 11.5 Å². The van der Waals surface area contributed by atoms with Crippen LogP contribution in [0, 0.1) is 0 Å². The van der Waals surface area contributed by atoms with E-state index >= 15 is 0 Å². The normalized spacial score (nSPS) is 11.4. The Morgan fingerprint density at radius 1 is 0.492 bits per heavy atom. The van der Waals surface area contributed by atoms with Crippen molar-refractivity contribution in [2.75, 3.05) is 76.1 Å². The monoisotopic (exact) mass is 846 g/mol. The minimum absolute atomic E-state index is 0. The molecule has 2 aromatic heterocycles. The highest BCUT2D eigenvalue weighted by Crippen LogP contribution is 2.42. The molecule has 0 saturated carbocycles. The van der Waals surface area contributed by atoms with Crippen molar-refractivity contribution in [1.82, 2.24) is 0 Å². The van der Waals surface area contributed by atoms with Gasteiger partial charge in [-0.2, -0.15) is 0 Å².